The summed E-state index contributed by atoms with van der Waals surface area (Å²) in [5.74, 6) is 0. The molecule has 0 aromatic rings. The predicted molar refractivity (Wildman–Crippen MR) is 2.13 cm³/mol. The zero-order chi connectivity index (χ0) is 0. The molecule has 1 nitrogen and oxygen atoms in total. The van der Waals surface area contributed by atoms with Gasteiger partial charge in [0.25, 0.3) is 0 Å². The molecule has 0 aromatic carbocycles. The minimum Gasteiger partial charge on any atom is 0 e. The van der Waals surface area contributed by atoms with Gasteiger partial charge in [0.2, 0.25) is 0 Å². The van der Waals surface area contributed by atoms with Crippen LogP contribution in [0.2, 0.25) is 0 Å². The fourth-order valence-electron chi connectivity index (χ4n) is 0. The van der Waals surface area contributed by atoms with E-state index in [0.717, 1.165) is 0 Å². The number of rotatable bonds is 0. The fraction of sp³-hybridized carbons (Fsp3) is 0. The summed E-state index contributed by atoms with van der Waals surface area (Å²) < 4.78 is 0. The van der Waals surface area contributed by atoms with Gasteiger partial charge in [0, 0.05) is 74.1 Å². The summed E-state index contributed by atoms with van der Waals surface area (Å²) in [6.07, 6.45) is 0. The van der Waals surface area contributed by atoms with Gasteiger partial charge >= 0.3 is 0 Å². The first kappa shape index (κ1) is 62.2. The van der Waals surface area contributed by atoms with Crippen molar-refractivity contribution in [3.8, 4) is 0 Å². The molecule has 0 fully saturated rings. The van der Waals surface area contributed by atoms with E-state index in [0.29, 0.717) is 0 Å². The van der Waals surface area contributed by atoms with Gasteiger partial charge in [0.1, 0.15) is 0 Å². The topological polar surface area (TPSA) is 30.5 Å². The van der Waals surface area contributed by atoms with Gasteiger partial charge in [0.15, 0.2) is 0 Å². The molecule has 0 aliphatic rings. The maximum Gasteiger partial charge on any atom is 0 e. The molecule has 0 bridgehead atoms. The fourth-order valence-corrected chi connectivity index (χ4v) is 0. The van der Waals surface area contributed by atoms with Crippen molar-refractivity contribution < 1.29 is 68.0 Å². The van der Waals surface area contributed by atoms with Crippen LogP contribution in [-0.4, -0.2) is 0 Å². The predicted octanol–water partition coefficient (Wildman–Crippen LogP) is -0.491. The van der Waals surface area contributed by atoms with E-state index in [1.807, 2.05) is 0 Å². The molecule has 0 rings (SSSR count). The Morgan fingerprint density at radius 2 is 1.00 bits per heavy atom. The van der Waals surface area contributed by atoms with Crippen LogP contribution in [0.25, 0.3) is 0 Å². The molecular weight excluding hydrogens is 243 g/mol. The van der Waals surface area contributed by atoms with Crippen molar-refractivity contribution in [2.24, 2.45) is 0 Å². The summed E-state index contributed by atoms with van der Waals surface area (Å²) in [7, 11) is 0. The third-order valence-electron chi connectivity index (χ3n) is 0. The second-order valence-electron chi connectivity index (χ2n) is 0. The Morgan fingerprint density at radius 3 is 1.00 bits per heavy atom. The minimum absolute atomic E-state index is 0. The quantitative estimate of drug-likeness (QED) is 0.514. The van der Waals surface area contributed by atoms with Crippen molar-refractivity contribution in [2.75, 3.05) is 0 Å². The molecule has 0 aliphatic carbocycles. The Hall–Kier alpha value is 2.02. The van der Waals surface area contributed by atoms with Crippen molar-refractivity contribution in [1.29, 1.82) is 0 Å². The zero-order valence-corrected chi connectivity index (χ0v) is 6.24. The van der Waals surface area contributed by atoms with Crippen molar-refractivity contribution in [1.82, 2.24) is 6.15 Å². The zero-order valence-electron chi connectivity index (χ0n) is 1.85. The average molecular weight is 243 g/mol. The smallest absolute Gasteiger partial charge is 0 e. The van der Waals surface area contributed by atoms with E-state index in [1.165, 1.54) is 0 Å². The molecule has 0 atom stereocenters. The van der Waals surface area contributed by atoms with Gasteiger partial charge in [-0.1, -0.05) is 0 Å². The van der Waals surface area contributed by atoms with Crippen molar-refractivity contribution in [3.63, 3.8) is 0 Å². The second kappa shape index (κ2) is 37.1. The van der Waals surface area contributed by atoms with Crippen LogP contribution in [0.4, 0.5) is 0 Å². The van der Waals surface area contributed by atoms with Crippen LogP contribution in [0.5, 0.6) is 0 Å². The van der Waals surface area contributed by atoms with Crippen LogP contribution >= 0.6 is 0 Å². The SMILES string of the molecule is [Cr].[Cu].[Mn].[N].[Ni]. The minimum atomic E-state index is 0. The molecule has 0 aliphatic heterocycles. The Bertz CT molecular complexity index is 11.6. The second-order valence-corrected chi connectivity index (χ2v) is 0. The van der Waals surface area contributed by atoms with E-state index in [2.05, 4.69) is 0 Å². The summed E-state index contributed by atoms with van der Waals surface area (Å²) in [6, 6.07) is 0. The summed E-state index contributed by atoms with van der Waals surface area (Å²) in [6.45, 7) is 0. The number of hydrogen-bond donors (Lipinski definition) is 0. The normalized spacial score (nSPS) is 0. The standard InChI is InChI=1S/Cr.Cu.Mn.N.Ni. The van der Waals surface area contributed by atoms with E-state index >= 15 is 0 Å². The molecule has 5 radical (unpaired) electrons. The molecule has 0 amide bonds. The first-order chi connectivity index (χ1) is 0. The third-order valence-corrected chi connectivity index (χ3v) is 0. The van der Waals surface area contributed by atoms with Gasteiger partial charge in [0.05, 0.1) is 0 Å². The maximum atomic E-state index is 0. The van der Waals surface area contributed by atoms with Gasteiger partial charge in [-0.05, 0) is 0 Å². The van der Waals surface area contributed by atoms with Crippen LogP contribution in [0, 0.1) is 0 Å². The average Bonchev–Trinajstić information content (AvgIpc) is 0. The molecule has 5 heteroatoms. The summed E-state index contributed by atoms with van der Waals surface area (Å²) in [5, 5.41) is 0. The Kier molecular flexibility index (Phi) is 461. The van der Waals surface area contributed by atoms with Gasteiger partial charge in [-0.25, -0.2) is 0 Å². The van der Waals surface area contributed by atoms with Crippen molar-refractivity contribution in [3.05, 3.63) is 0 Å². The van der Waals surface area contributed by atoms with E-state index in [-0.39, 0.29) is 74.1 Å². The molecule has 0 saturated heterocycles. The molecule has 5 heavy (non-hydrogen) atoms. The largest absolute Gasteiger partial charge is 0 e. The molecule has 0 heterocycles. The number of nitrogens with zero attached hydrogens (tertiary/aromatic N) is 1. The van der Waals surface area contributed by atoms with Crippen LogP contribution < -0.4 is 6.15 Å². The molecule has 39 valence electrons. The first-order valence-corrected chi connectivity index (χ1v) is 0. The Morgan fingerprint density at radius 1 is 1.00 bits per heavy atom. The molecule has 0 N–H and O–H groups in total. The summed E-state index contributed by atoms with van der Waals surface area (Å²) in [4.78, 5) is 0. The molecule has 0 spiro atoms. The van der Waals surface area contributed by atoms with Crippen molar-refractivity contribution >= 4 is 0 Å². The van der Waals surface area contributed by atoms with Crippen LogP contribution in [0.1, 0.15) is 0 Å². The third kappa shape index (κ3) is 23.8. The number of hydrogen-bond acceptors (Lipinski definition) is 0. The molecule has 0 unspecified atom stereocenters. The van der Waals surface area contributed by atoms with Crippen LogP contribution in [0.15, 0.2) is 0 Å². The maximum absolute atomic E-state index is 0. The molecule has 0 aromatic heterocycles. The first-order valence-electron chi connectivity index (χ1n) is 0. The van der Waals surface area contributed by atoms with E-state index in [1.54, 1.807) is 0 Å². The van der Waals surface area contributed by atoms with Gasteiger partial charge in [-0.2, -0.15) is 0 Å². The Labute approximate surface area is 73.6 Å². The monoisotopic (exact) mass is 242 g/mol. The van der Waals surface area contributed by atoms with Gasteiger partial charge < -0.3 is 0 Å². The van der Waals surface area contributed by atoms with E-state index in [4.69, 9.17) is 0 Å². The van der Waals surface area contributed by atoms with E-state index < -0.39 is 0 Å². The van der Waals surface area contributed by atoms with Gasteiger partial charge in [-0.3, -0.25) is 0 Å². The summed E-state index contributed by atoms with van der Waals surface area (Å²) >= 11 is 0. The Balaban J connectivity index is 0. The van der Waals surface area contributed by atoms with Crippen molar-refractivity contribution in [2.45, 2.75) is 0 Å². The summed E-state index contributed by atoms with van der Waals surface area (Å²) in [5.41, 5.74) is 0. The van der Waals surface area contributed by atoms with Crippen LogP contribution in [0.3, 0.4) is 0 Å². The molecule has 0 saturated carbocycles. The molecular formula is CrCuMnNNi. The van der Waals surface area contributed by atoms with Crippen LogP contribution in [-0.2, 0) is 68.0 Å². The van der Waals surface area contributed by atoms with E-state index in [9.17, 15) is 0 Å². The van der Waals surface area contributed by atoms with Gasteiger partial charge in [-0.15, -0.1) is 0 Å².